The second kappa shape index (κ2) is 7.16. The second-order valence-corrected chi connectivity index (χ2v) is 5.84. The number of hydrogen-bond donors (Lipinski definition) is 0. The standard InChI is InChI=1S/C15H18ClF2NO2/c1-2-3-9-4-6-10(7-5-9)15(20)21-12-8-11(17)14(18)19-13(12)16/h8-10H,2-7H2,1H3/t9-,10-. The molecule has 1 aromatic heterocycles. The predicted octanol–water partition coefficient (Wildman–Crippen LogP) is 4.53. The van der Waals surface area contributed by atoms with E-state index in [1.165, 1.54) is 6.42 Å². The first-order valence-electron chi connectivity index (χ1n) is 7.24. The molecule has 0 atom stereocenters. The van der Waals surface area contributed by atoms with Gasteiger partial charge in [-0.1, -0.05) is 31.4 Å². The van der Waals surface area contributed by atoms with Gasteiger partial charge in [0.1, 0.15) is 0 Å². The number of pyridine rings is 1. The summed E-state index contributed by atoms with van der Waals surface area (Å²) in [6.45, 7) is 2.15. The summed E-state index contributed by atoms with van der Waals surface area (Å²) < 4.78 is 31.0. The molecule has 1 heterocycles. The number of nitrogens with zero attached hydrogens (tertiary/aromatic N) is 1. The molecular weight excluding hydrogens is 300 g/mol. The molecule has 116 valence electrons. The van der Waals surface area contributed by atoms with Crippen LogP contribution in [0.15, 0.2) is 6.07 Å². The highest BCUT2D eigenvalue weighted by molar-refractivity contribution is 6.30. The molecule has 21 heavy (non-hydrogen) atoms. The van der Waals surface area contributed by atoms with Gasteiger partial charge in [0, 0.05) is 6.07 Å². The zero-order chi connectivity index (χ0) is 15.4. The maximum Gasteiger partial charge on any atom is 0.314 e. The van der Waals surface area contributed by atoms with Crippen LogP contribution in [0.2, 0.25) is 5.15 Å². The molecule has 0 saturated heterocycles. The van der Waals surface area contributed by atoms with Gasteiger partial charge in [0.15, 0.2) is 16.7 Å². The molecule has 0 aliphatic heterocycles. The van der Waals surface area contributed by atoms with E-state index in [1.54, 1.807) is 0 Å². The zero-order valence-electron chi connectivity index (χ0n) is 11.9. The highest BCUT2D eigenvalue weighted by atomic mass is 35.5. The lowest BCUT2D eigenvalue weighted by Gasteiger charge is -2.26. The molecule has 6 heteroatoms. The first kappa shape index (κ1) is 16.1. The smallest absolute Gasteiger partial charge is 0.314 e. The van der Waals surface area contributed by atoms with Crippen LogP contribution in [0.25, 0.3) is 0 Å². The van der Waals surface area contributed by atoms with Crippen molar-refractivity contribution in [2.45, 2.75) is 45.4 Å². The normalized spacial score (nSPS) is 22.1. The lowest BCUT2D eigenvalue weighted by Crippen LogP contribution is -2.26. The molecular formula is C15H18ClF2NO2. The number of carbonyl (C=O) groups excluding carboxylic acids is 1. The van der Waals surface area contributed by atoms with Gasteiger partial charge in [-0.25, -0.2) is 9.37 Å². The van der Waals surface area contributed by atoms with Crippen molar-refractivity contribution in [1.82, 2.24) is 4.98 Å². The molecule has 1 fully saturated rings. The van der Waals surface area contributed by atoms with E-state index in [-0.39, 0.29) is 16.8 Å². The molecule has 0 radical (unpaired) electrons. The van der Waals surface area contributed by atoms with E-state index in [0.29, 0.717) is 5.92 Å². The van der Waals surface area contributed by atoms with E-state index in [4.69, 9.17) is 16.3 Å². The van der Waals surface area contributed by atoms with Crippen molar-refractivity contribution in [3.63, 3.8) is 0 Å². The number of ether oxygens (including phenoxy) is 1. The van der Waals surface area contributed by atoms with E-state index in [2.05, 4.69) is 11.9 Å². The van der Waals surface area contributed by atoms with Gasteiger partial charge in [0.25, 0.3) is 5.95 Å². The van der Waals surface area contributed by atoms with Gasteiger partial charge >= 0.3 is 5.97 Å². The Balaban J connectivity index is 1.95. The Morgan fingerprint density at radius 1 is 1.38 bits per heavy atom. The summed E-state index contributed by atoms with van der Waals surface area (Å²) in [5.41, 5.74) is 0. The van der Waals surface area contributed by atoms with Crippen LogP contribution in [0.3, 0.4) is 0 Å². The Morgan fingerprint density at radius 2 is 2.05 bits per heavy atom. The van der Waals surface area contributed by atoms with Crippen LogP contribution < -0.4 is 4.74 Å². The Kier molecular flexibility index (Phi) is 5.51. The monoisotopic (exact) mass is 317 g/mol. The van der Waals surface area contributed by atoms with Crippen molar-refractivity contribution < 1.29 is 18.3 Å². The Hall–Kier alpha value is -1.23. The van der Waals surface area contributed by atoms with Gasteiger partial charge in [-0.05, 0) is 31.6 Å². The van der Waals surface area contributed by atoms with Gasteiger partial charge in [-0.3, -0.25) is 4.79 Å². The van der Waals surface area contributed by atoms with Crippen LogP contribution in [0.5, 0.6) is 5.75 Å². The van der Waals surface area contributed by atoms with Crippen LogP contribution in [-0.2, 0) is 4.79 Å². The fourth-order valence-electron chi connectivity index (χ4n) is 2.79. The van der Waals surface area contributed by atoms with E-state index >= 15 is 0 Å². The van der Waals surface area contributed by atoms with Gasteiger partial charge in [-0.2, -0.15) is 4.39 Å². The molecule has 3 nitrogen and oxygen atoms in total. The highest BCUT2D eigenvalue weighted by Gasteiger charge is 2.28. The maximum atomic E-state index is 13.1. The van der Waals surface area contributed by atoms with Crippen LogP contribution in [0.4, 0.5) is 8.78 Å². The number of aromatic nitrogens is 1. The largest absolute Gasteiger partial charge is 0.423 e. The number of hydrogen-bond acceptors (Lipinski definition) is 3. The molecule has 0 bridgehead atoms. The maximum absolute atomic E-state index is 13.1. The summed E-state index contributed by atoms with van der Waals surface area (Å²) in [6.07, 6.45) is 5.85. The molecule has 0 unspecified atom stereocenters. The Morgan fingerprint density at radius 3 is 2.67 bits per heavy atom. The molecule has 1 aromatic rings. The summed E-state index contributed by atoms with van der Waals surface area (Å²) in [6, 6.07) is 0.755. The van der Waals surface area contributed by atoms with Crippen molar-refractivity contribution in [3.05, 3.63) is 23.0 Å². The average Bonchev–Trinajstić information content (AvgIpc) is 2.46. The van der Waals surface area contributed by atoms with Crippen LogP contribution in [0, 0.1) is 23.6 Å². The van der Waals surface area contributed by atoms with Gasteiger partial charge in [-0.15, -0.1) is 0 Å². The van der Waals surface area contributed by atoms with Crippen molar-refractivity contribution >= 4 is 17.6 Å². The fourth-order valence-corrected chi connectivity index (χ4v) is 2.95. The average molecular weight is 318 g/mol. The molecule has 2 rings (SSSR count). The highest BCUT2D eigenvalue weighted by Crippen LogP contribution is 2.33. The van der Waals surface area contributed by atoms with Crippen molar-refractivity contribution in [2.75, 3.05) is 0 Å². The molecule has 0 spiro atoms. The Labute approximate surface area is 127 Å². The first-order chi connectivity index (χ1) is 10.0. The van der Waals surface area contributed by atoms with E-state index in [0.717, 1.165) is 38.2 Å². The minimum atomic E-state index is -1.31. The third-order valence-electron chi connectivity index (χ3n) is 3.94. The quantitative estimate of drug-likeness (QED) is 0.605. The van der Waals surface area contributed by atoms with Gasteiger partial charge < -0.3 is 4.74 Å². The topological polar surface area (TPSA) is 39.2 Å². The number of halogens is 3. The third kappa shape index (κ3) is 4.13. The van der Waals surface area contributed by atoms with E-state index in [1.807, 2.05) is 0 Å². The fraction of sp³-hybridized carbons (Fsp3) is 0.600. The second-order valence-electron chi connectivity index (χ2n) is 5.48. The summed E-state index contributed by atoms with van der Waals surface area (Å²) in [5.74, 6) is -2.69. The SMILES string of the molecule is CCC[C@H]1CC[C@H](C(=O)Oc2cc(F)c(F)nc2Cl)CC1. The van der Waals surface area contributed by atoms with Crippen molar-refractivity contribution in [1.29, 1.82) is 0 Å². The molecule has 1 aliphatic rings. The lowest BCUT2D eigenvalue weighted by molar-refractivity contribution is -0.140. The van der Waals surface area contributed by atoms with E-state index < -0.39 is 17.7 Å². The first-order valence-corrected chi connectivity index (χ1v) is 7.62. The predicted molar refractivity (Wildman–Crippen MR) is 75.2 cm³/mol. The van der Waals surface area contributed by atoms with E-state index in [9.17, 15) is 13.6 Å². The summed E-state index contributed by atoms with van der Waals surface area (Å²) >= 11 is 5.65. The minimum Gasteiger partial charge on any atom is -0.423 e. The zero-order valence-corrected chi connectivity index (χ0v) is 12.6. The third-order valence-corrected chi connectivity index (χ3v) is 4.21. The Bertz CT molecular complexity index is 517. The van der Waals surface area contributed by atoms with Crippen molar-refractivity contribution in [2.24, 2.45) is 11.8 Å². The lowest BCUT2D eigenvalue weighted by atomic mass is 9.80. The summed E-state index contributed by atoms with van der Waals surface area (Å²) in [7, 11) is 0. The van der Waals surface area contributed by atoms with Gasteiger partial charge in [0.05, 0.1) is 5.92 Å². The van der Waals surface area contributed by atoms with Crippen molar-refractivity contribution in [3.8, 4) is 5.75 Å². The number of rotatable bonds is 4. The van der Waals surface area contributed by atoms with Crippen LogP contribution in [-0.4, -0.2) is 11.0 Å². The number of carbonyl (C=O) groups is 1. The molecule has 1 saturated carbocycles. The molecule has 0 amide bonds. The molecule has 1 aliphatic carbocycles. The summed E-state index contributed by atoms with van der Waals surface area (Å²) in [5, 5.41) is -0.345. The minimum absolute atomic E-state index is 0.206. The molecule has 0 N–H and O–H groups in total. The summed E-state index contributed by atoms with van der Waals surface area (Å²) in [4.78, 5) is 15.2. The number of esters is 1. The van der Waals surface area contributed by atoms with Crippen LogP contribution >= 0.6 is 11.6 Å². The van der Waals surface area contributed by atoms with Gasteiger partial charge in [0.2, 0.25) is 0 Å². The van der Waals surface area contributed by atoms with Crippen LogP contribution in [0.1, 0.15) is 45.4 Å². The molecule has 0 aromatic carbocycles.